The molecule has 2 amide bonds. The predicted octanol–water partition coefficient (Wildman–Crippen LogP) is 4.67. The number of ether oxygens (including phenoxy) is 1. The van der Waals surface area contributed by atoms with Crippen LogP contribution in [0, 0.1) is 0 Å². The minimum absolute atomic E-state index is 0.00964. The molecule has 0 bridgehead atoms. The van der Waals surface area contributed by atoms with Crippen LogP contribution in [0.4, 0.5) is 4.79 Å². The van der Waals surface area contributed by atoms with Gasteiger partial charge in [0, 0.05) is 25.2 Å². The summed E-state index contributed by atoms with van der Waals surface area (Å²) in [6, 6.07) is 17.1. The lowest BCUT2D eigenvalue weighted by atomic mass is 9.74. The van der Waals surface area contributed by atoms with E-state index in [9.17, 15) is 4.79 Å². The highest BCUT2D eigenvalue weighted by molar-refractivity contribution is 5.74. The minimum Gasteiger partial charge on any atom is -0.381 e. The molecule has 1 unspecified atom stereocenters. The second-order valence-corrected chi connectivity index (χ2v) is 8.54. The molecule has 1 saturated heterocycles. The van der Waals surface area contributed by atoms with Gasteiger partial charge in [0.2, 0.25) is 0 Å². The summed E-state index contributed by atoms with van der Waals surface area (Å²) in [5.41, 5.74) is 5.34. The van der Waals surface area contributed by atoms with Crippen LogP contribution in [-0.2, 0) is 23.0 Å². The standard InChI is InChI=1S/C25H32N2O2/c1-19(21-12-11-20-7-5-6-8-22(20)17-21)27-24(28)26-18-25(13-15-29-16-14-25)23-9-3-2-4-10-23/h2-4,9-12,17,19H,5-8,13-16,18H2,1H3,(H2,26,27,28). The van der Waals surface area contributed by atoms with Crippen LogP contribution in [0.5, 0.6) is 0 Å². The largest absolute Gasteiger partial charge is 0.381 e. The zero-order valence-electron chi connectivity index (χ0n) is 17.4. The van der Waals surface area contributed by atoms with Crippen LogP contribution in [0.1, 0.15) is 60.9 Å². The molecule has 4 heteroatoms. The molecule has 29 heavy (non-hydrogen) atoms. The maximum atomic E-state index is 12.7. The van der Waals surface area contributed by atoms with Crippen molar-refractivity contribution in [3.63, 3.8) is 0 Å². The molecular formula is C25H32N2O2. The lowest BCUT2D eigenvalue weighted by Gasteiger charge is -2.38. The van der Waals surface area contributed by atoms with Crippen LogP contribution in [0.15, 0.2) is 48.5 Å². The third kappa shape index (κ3) is 4.64. The van der Waals surface area contributed by atoms with Crippen molar-refractivity contribution in [2.75, 3.05) is 19.8 Å². The number of carbonyl (C=O) groups is 1. The molecule has 0 saturated carbocycles. The van der Waals surface area contributed by atoms with Gasteiger partial charge >= 0.3 is 6.03 Å². The van der Waals surface area contributed by atoms with Gasteiger partial charge in [0.1, 0.15) is 0 Å². The van der Waals surface area contributed by atoms with Gasteiger partial charge in [0.05, 0.1) is 6.04 Å². The fraction of sp³-hybridized carbons (Fsp3) is 0.480. The van der Waals surface area contributed by atoms with Crippen LogP contribution < -0.4 is 10.6 Å². The highest BCUT2D eigenvalue weighted by Gasteiger charge is 2.34. The maximum Gasteiger partial charge on any atom is 0.315 e. The van der Waals surface area contributed by atoms with E-state index in [1.165, 1.54) is 41.5 Å². The summed E-state index contributed by atoms with van der Waals surface area (Å²) in [6.07, 6.45) is 6.75. The van der Waals surface area contributed by atoms with E-state index in [0.717, 1.165) is 32.5 Å². The molecule has 1 fully saturated rings. The lowest BCUT2D eigenvalue weighted by molar-refractivity contribution is 0.0506. The monoisotopic (exact) mass is 392 g/mol. The van der Waals surface area contributed by atoms with Crippen molar-refractivity contribution in [1.82, 2.24) is 10.6 Å². The number of hydrogen-bond acceptors (Lipinski definition) is 2. The van der Waals surface area contributed by atoms with Gasteiger partial charge in [-0.2, -0.15) is 0 Å². The van der Waals surface area contributed by atoms with Gasteiger partial charge in [-0.3, -0.25) is 0 Å². The first-order valence-electron chi connectivity index (χ1n) is 11.0. The van der Waals surface area contributed by atoms with Gasteiger partial charge in [0.15, 0.2) is 0 Å². The van der Waals surface area contributed by atoms with Crippen LogP contribution in [0.2, 0.25) is 0 Å². The number of fused-ring (bicyclic) bond motifs is 1. The van der Waals surface area contributed by atoms with E-state index in [4.69, 9.17) is 4.74 Å². The van der Waals surface area contributed by atoms with Crippen molar-refractivity contribution in [2.45, 2.75) is 56.9 Å². The number of amides is 2. The maximum absolute atomic E-state index is 12.7. The summed E-state index contributed by atoms with van der Waals surface area (Å²) in [5.74, 6) is 0. The molecule has 0 aromatic heterocycles. The Morgan fingerprint density at radius 3 is 2.52 bits per heavy atom. The normalized spacial score (nSPS) is 19.1. The summed E-state index contributed by atoms with van der Waals surface area (Å²) in [6.45, 7) is 4.17. The first-order chi connectivity index (χ1) is 14.2. The van der Waals surface area contributed by atoms with E-state index in [1.807, 2.05) is 6.07 Å². The van der Waals surface area contributed by atoms with Gasteiger partial charge in [0.25, 0.3) is 0 Å². The smallest absolute Gasteiger partial charge is 0.315 e. The van der Waals surface area contributed by atoms with Crippen LogP contribution >= 0.6 is 0 Å². The molecule has 1 atom stereocenters. The zero-order valence-corrected chi connectivity index (χ0v) is 17.4. The Hall–Kier alpha value is -2.33. The van der Waals surface area contributed by atoms with E-state index in [-0.39, 0.29) is 17.5 Å². The number of benzene rings is 2. The molecule has 4 rings (SSSR count). The Kier molecular flexibility index (Phi) is 6.19. The molecule has 1 aliphatic heterocycles. The molecule has 2 aliphatic rings. The number of urea groups is 1. The third-order valence-electron chi connectivity index (χ3n) is 6.64. The Labute approximate surface area is 174 Å². The molecule has 0 radical (unpaired) electrons. The topological polar surface area (TPSA) is 50.4 Å². The Morgan fingerprint density at radius 1 is 1.03 bits per heavy atom. The Morgan fingerprint density at radius 2 is 1.76 bits per heavy atom. The van der Waals surface area contributed by atoms with Crippen LogP contribution in [0.25, 0.3) is 0 Å². The van der Waals surface area contributed by atoms with Crippen molar-refractivity contribution >= 4 is 6.03 Å². The number of rotatable bonds is 5. The molecule has 1 heterocycles. The second kappa shape index (κ2) is 9.00. The highest BCUT2D eigenvalue weighted by Crippen LogP contribution is 2.34. The fourth-order valence-corrected chi connectivity index (χ4v) is 4.72. The molecule has 2 aromatic rings. The van der Waals surface area contributed by atoms with Crippen molar-refractivity contribution in [3.8, 4) is 0 Å². The quantitative estimate of drug-likeness (QED) is 0.777. The average Bonchev–Trinajstić information content (AvgIpc) is 2.78. The molecule has 2 aromatic carbocycles. The first-order valence-corrected chi connectivity index (χ1v) is 11.0. The molecular weight excluding hydrogens is 360 g/mol. The molecule has 0 spiro atoms. The lowest BCUT2D eigenvalue weighted by Crippen LogP contribution is -2.47. The van der Waals surface area contributed by atoms with Gasteiger partial charge in [-0.1, -0.05) is 48.5 Å². The summed E-state index contributed by atoms with van der Waals surface area (Å²) in [5, 5.41) is 6.28. The van der Waals surface area contributed by atoms with E-state index in [0.29, 0.717) is 6.54 Å². The second-order valence-electron chi connectivity index (χ2n) is 8.54. The van der Waals surface area contributed by atoms with Gasteiger partial charge in [-0.25, -0.2) is 4.79 Å². The predicted molar refractivity (Wildman–Crippen MR) is 116 cm³/mol. The number of hydrogen-bond donors (Lipinski definition) is 2. The van der Waals surface area contributed by atoms with E-state index in [2.05, 4.69) is 60.0 Å². The highest BCUT2D eigenvalue weighted by atomic mass is 16.5. The Balaban J connectivity index is 1.38. The van der Waals surface area contributed by atoms with Crippen molar-refractivity contribution in [2.24, 2.45) is 0 Å². The third-order valence-corrected chi connectivity index (χ3v) is 6.64. The summed E-state index contributed by atoms with van der Waals surface area (Å²) in [4.78, 5) is 12.7. The van der Waals surface area contributed by atoms with E-state index >= 15 is 0 Å². The minimum atomic E-state index is -0.1000. The SMILES string of the molecule is CC(NC(=O)NCC1(c2ccccc2)CCOCC1)c1ccc2c(c1)CCCC2. The van der Waals surface area contributed by atoms with E-state index < -0.39 is 0 Å². The number of carbonyl (C=O) groups excluding carboxylic acids is 1. The van der Waals surface area contributed by atoms with Crippen LogP contribution in [-0.4, -0.2) is 25.8 Å². The van der Waals surface area contributed by atoms with Crippen molar-refractivity contribution < 1.29 is 9.53 Å². The van der Waals surface area contributed by atoms with Gasteiger partial charge in [-0.05, 0) is 67.7 Å². The summed E-state index contributed by atoms with van der Waals surface area (Å²) >= 11 is 0. The van der Waals surface area contributed by atoms with Crippen molar-refractivity contribution in [3.05, 3.63) is 70.8 Å². The molecule has 154 valence electrons. The number of aryl methyl sites for hydroxylation is 2. The van der Waals surface area contributed by atoms with Crippen LogP contribution in [0.3, 0.4) is 0 Å². The average molecular weight is 393 g/mol. The molecule has 4 nitrogen and oxygen atoms in total. The first kappa shape index (κ1) is 20.0. The Bertz CT molecular complexity index is 828. The number of nitrogens with one attached hydrogen (secondary N) is 2. The summed E-state index contributed by atoms with van der Waals surface area (Å²) in [7, 11) is 0. The van der Waals surface area contributed by atoms with Gasteiger partial charge in [-0.15, -0.1) is 0 Å². The van der Waals surface area contributed by atoms with Crippen molar-refractivity contribution in [1.29, 1.82) is 0 Å². The molecule has 2 N–H and O–H groups in total. The van der Waals surface area contributed by atoms with E-state index in [1.54, 1.807) is 0 Å². The zero-order chi connectivity index (χ0) is 20.1. The van der Waals surface area contributed by atoms with Gasteiger partial charge < -0.3 is 15.4 Å². The fourth-order valence-electron chi connectivity index (χ4n) is 4.72. The molecule has 1 aliphatic carbocycles. The summed E-state index contributed by atoms with van der Waals surface area (Å²) < 4.78 is 5.59.